The van der Waals surface area contributed by atoms with E-state index in [2.05, 4.69) is 4.98 Å². The summed E-state index contributed by atoms with van der Waals surface area (Å²) in [5, 5.41) is 0.313. The summed E-state index contributed by atoms with van der Waals surface area (Å²) in [6, 6.07) is 4.87. The first-order valence-electron chi connectivity index (χ1n) is 2.86. The number of aromatic nitrogens is 1. The van der Waals surface area contributed by atoms with Gasteiger partial charge in [0.25, 0.3) is 0 Å². The summed E-state index contributed by atoms with van der Waals surface area (Å²) in [5.74, 6) is -0.0828. The summed E-state index contributed by atoms with van der Waals surface area (Å²) in [6.07, 6.45) is 0. The van der Waals surface area contributed by atoms with Crippen LogP contribution in [0.1, 0.15) is 5.69 Å². The molecule has 0 aliphatic rings. The second-order valence-corrected chi connectivity index (χ2v) is 3.18. The Kier molecular flexibility index (Phi) is 2.99. The average molecular weight is 191 g/mol. The standard InChI is InChI=1S/C6H6ClNO2S/c7-6-3-1-2-5(8-6)4-11(9)10/h1-3H,4H2,(H,9,10)/p-1. The molecule has 11 heavy (non-hydrogen) atoms. The fourth-order valence-corrected chi connectivity index (χ4v) is 1.24. The highest BCUT2D eigenvalue weighted by molar-refractivity contribution is 7.78. The third kappa shape index (κ3) is 2.96. The van der Waals surface area contributed by atoms with Crippen molar-refractivity contribution in [3.63, 3.8) is 0 Å². The Balaban J connectivity index is 2.79. The van der Waals surface area contributed by atoms with Crippen LogP contribution in [0.15, 0.2) is 18.2 Å². The van der Waals surface area contributed by atoms with E-state index in [1.54, 1.807) is 18.2 Å². The van der Waals surface area contributed by atoms with Gasteiger partial charge in [0, 0.05) is 0 Å². The molecule has 5 heteroatoms. The number of nitrogens with zero attached hydrogens (tertiary/aromatic N) is 1. The molecular weight excluding hydrogens is 186 g/mol. The lowest BCUT2D eigenvalue weighted by molar-refractivity contribution is 0.535. The maximum atomic E-state index is 10.2. The first kappa shape index (κ1) is 8.64. The van der Waals surface area contributed by atoms with Gasteiger partial charge in [-0.05, 0) is 23.2 Å². The zero-order chi connectivity index (χ0) is 8.27. The van der Waals surface area contributed by atoms with Crippen LogP contribution < -0.4 is 0 Å². The molecule has 1 aromatic rings. The predicted octanol–water partition coefficient (Wildman–Crippen LogP) is 1.11. The molecule has 1 atom stereocenters. The Morgan fingerprint density at radius 1 is 1.64 bits per heavy atom. The molecule has 60 valence electrons. The summed E-state index contributed by atoms with van der Waals surface area (Å²) in [7, 11) is 0. The van der Waals surface area contributed by atoms with Crippen LogP contribution in [0.25, 0.3) is 0 Å². The van der Waals surface area contributed by atoms with E-state index < -0.39 is 11.1 Å². The molecule has 0 aliphatic carbocycles. The molecule has 0 saturated heterocycles. The Bertz CT molecular complexity index is 279. The molecule has 0 N–H and O–H groups in total. The van der Waals surface area contributed by atoms with Gasteiger partial charge in [-0.1, -0.05) is 17.7 Å². The minimum absolute atomic E-state index is 0.0828. The second-order valence-electron chi connectivity index (χ2n) is 1.90. The topological polar surface area (TPSA) is 53.0 Å². The Hall–Kier alpha value is -0.450. The van der Waals surface area contributed by atoms with Crippen LogP contribution in [-0.2, 0) is 16.8 Å². The molecule has 0 bridgehead atoms. The lowest BCUT2D eigenvalue weighted by Gasteiger charge is -2.03. The molecule has 0 aliphatic heterocycles. The Labute approximate surface area is 71.7 Å². The van der Waals surface area contributed by atoms with Crippen LogP contribution in [0.4, 0.5) is 0 Å². The van der Waals surface area contributed by atoms with Crippen LogP contribution >= 0.6 is 11.6 Å². The van der Waals surface area contributed by atoms with Gasteiger partial charge in [0.05, 0.1) is 11.4 Å². The molecule has 0 spiro atoms. The van der Waals surface area contributed by atoms with Gasteiger partial charge >= 0.3 is 0 Å². The zero-order valence-corrected chi connectivity index (χ0v) is 7.06. The van der Waals surface area contributed by atoms with Crippen molar-refractivity contribution < 1.29 is 8.76 Å². The van der Waals surface area contributed by atoms with Crippen LogP contribution in [-0.4, -0.2) is 13.7 Å². The zero-order valence-electron chi connectivity index (χ0n) is 5.49. The van der Waals surface area contributed by atoms with Gasteiger partial charge in [0.1, 0.15) is 5.15 Å². The smallest absolute Gasteiger partial charge is 0.129 e. The van der Waals surface area contributed by atoms with Gasteiger partial charge in [0.2, 0.25) is 0 Å². The van der Waals surface area contributed by atoms with Crippen molar-refractivity contribution in [2.45, 2.75) is 5.75 Å². The highest BCUT2D eigenvalue weighted by atomic mass is 35.5. The average Bonchev–Trinajstić information content (AvgIpc) is 1.85. The van der Waals surface area contributed by atoms with Crippen molar-refractivity contribution in [2.75, 3.05) is 0 Å². The van der Waals surface area contributed by atoms with Gasteiger partial charge in [-0.15, -0.1) is 0 Å². The second kappa shape index (κ2) is 3.80. The van der Waals surface area contributed by atoms with Crippen molar-refractivity contribution in [2.24, 2.45) is 0 Å². The van der Waals surface area contributed by atoms with Crippen molar-refractivity contribution in [1.82, 2.24) is 4.98 Å². The highest BCUT2D eigenvalue weighted by Crippen LogP contribution is 2.05. The first-order chi connectivity index (χ1) is 5.18. The van der Waals surface area contributed by atoms with E-state index in [-0.39, 0.29) is 5.75 Å². The van der Waals surface area contributed by atoms with Gasteiger partial charge in [0.15, 0.2) is 0 Å². The van der Waals surface area contributed by atoms with Gasteiger partial charge in [-0.3, -0.25) is 4.21 Å². The fourth-order valence-electron chi connectivity index (χ4n) is 0.651. The monoisotopic (exact) mass is 190 g/mol. The fraction of sp³-hybridized carbons (Fsp3) is 0.167. The summed E-state index contributed by atoms with van der Waals surface area (Å²) in [5.41, 5.74) is 0.464. The normalized spacial score (nSPS) is 12.9. The molecule has 0 fully saturated rings. The predicted molar refractivity (Wildman–Crippen MR) is 41.9 cm³/mol. The van der Waals surface area contributed by atoms with E-state index in [1.165, 1.54) is 0 Å². The van der Waals surface area contributed by atoms with Crippen molar-refractivity contribution in [1.29, 1.82) is 0 Å². The number of rotatable bonds is 2. The van der Waals surface area contributed by atoms with Crippen LogP contribution in [0.2, 0.25) is 5.15 Å². The highest BCUT2D eigenvalue weighted by Gasteiger charge is 1.94. The lowest BCUT2D eigenvalue weighted by atomic mass is 10.4. The number of hydrogen-bond acceptors (Lipinski definition) is 3. The SMILES string of the molecule is O=S([O-])Cc1cccc(Cl)n1. The van der Waals surface area contributed by atoms with Crippen LogP contribution in [0.5, 0.6) is 0 Å². The molecular formula is C6H5ClNO2S-. The third-order valence-corrected chi connectivity index (χ3v) is 1.78. The van der Waals surface area contributed by atoms with Gasteiger partial charge in [-0.2, -0.15) is 0 Å². The van der Waals surface area contributed by atoms with E-state index in [0.29, 0.717) is 10.8 Å². The van der Waals surface area contributed by atoms with Crippen LogP contribution in [0, 0.1) is 0 Å². The minimum atomic E-state index is -2.10. The largest absolute Gasteiger partial charge is 0.772 e. The third-order valence-electron chi connectivity index (χ3n) is 1.04. The number of pyridine rings is 1. The van der Waals surface area contributed by atoms with E-state index >= 15 is 0 Å². The molecule has 0 radical (unpaired) electrons. The maximum absolute atomic E-state index is 10.2. The van der Waals surface area contributed by atoms with Crippen molar-refractivity contribution in [3.05, 3.63) is 29.0 Å². The molecule has 3 nitrogen and oxygen atoms in total. The van der Waals surface area contributed by atoms with E-state index in [1.807, 2.05) is 0 Å². The summed E-state index contributed by atoms with van der Waals surface area (Å²) in [4.78, 5) is 3.79. The van der Waals surface area contributed by atoms with E-state index in [4.69, 9.17) is 11.6 Å². The maximum Gasteiger partial charge on any atom is 0.129 e. The molecule has 1 rings (SSSR count). The van der Waals surface area contributed by atoms with Gasteiger partial charge in [-0.25, -0.2) is 4.98 Å². The number of hydrogen-bond donors (Lipinski definition) is 0. The molecule has 0 aromatic carbocycles. The summed E-state index contributed by atoms with van der Waals surface area (Å²) in [6.45, 7) is 0. The molecule has 1 aromatic heterocycles. The number of halogens is 1. The molecule has 1 heterocycles. The summed E-state index contributed by atoms with van der Waals surface area (Å²) < 4.78 is 20.4. The molecule has 1 unspecified atom stereocenters. The van der Waals surface area contributed by atoms with Crippen LogP contribution in [0.3, 0.4) is 0 Å². The van der Waals surface area contributed by atoms with Gasteiger partial charge < -0.3 is 4.55 Å². The molecule has 0 amide bonds. The molecule has 0 saturated carbocycles. The quantitative estimate of drug-likeness (QED) is 0.519. The van der Waals surface area contributed by atoms with Crippen molar-refractivity contribution >= 4 is 22.7 Å². The van der Waals surface area contributed by atoms with Crippen molar-refractivity contribution in [3.8, 4) is 0 Å². The Morgan fingerprint density at radius 3 is 2.91 bits per heavy atom. The van der Waals surface area contributed by atoms with E-state index in [9.17, 15) is 8.76 Å². The lowest BCUT2D eigenvalue weighted by Crippen LogP contribution is -1.95. The minimum Gasteiger partial charge on any atom is -0.772 e. The first-order valence-corrected chi connectivity index (χ1v) is 4.48. The van der Waals surface area contributed by atoms with E-state index in [0.717, 1.165) is 0 Å². The summed E-state index contributed by atoms with van der Waals surface area (Å²) >= 11 is 3.42. The Morgan fingerprint density at radius 2 is 2.36 bits per heavy atom.